The Kier molecular flexibility index (Phi) is 4.49. The number of nitriles is 1. The molecule has 0 N–H and O–H groups in total. The first-order chi connectivity index (χ1) is 8.54. The summed E-state index contributed by atoms with van der Waals surface area (Å²) in [5.74, 6) is -0.813. The van der Waals surface area contributed by atoms with Gasteiger partial charge in [0, 0.05) is 11.1 Å². The van der Waals surface area contributed by atoms with Crippen LogP contribution in [0.3, 0.4) is 0 Å². The molecule has 0 heterocycles. The molecule has 0 saturated carbocycles. The Morgan fingerprint density at radius 2 is 2.22 bits per heavy atom. The summed E-state index contributed by atoms with van der Waals surface area (Å²) in [6.45, 7) is 1.65. The highest BCUT2D eigenvalue weighted by Crippen LogP contribution is 2.26. The maximum absolute atomic E-state index is 12.7. The van der Waals surface area contributed by atoms with Crippen LogP contribution in [0, 0.1) is 11.3 Å². The highest BCUT2D eigenvalue weighted by molar-refractivity contribution is 5.93. The molecule has 0 saturated heterocycles. The van der Waals surface area contributed by atoms with Crippen LogP contribution < -0.4 is 0 Å². The van der Waals surface area contributed by atoms with Gasteiger partial charge in [0.1, 0.15) is 6.07 Å². The van der Waals surface area contributed by atoms with Gasteiger partial charge in [0.05, 0.1) is 17.7 Å². The second-order valence-corrected chi connectivity index (χ2v) is 3.28. The van der Waals surface area contributed by atoms with Crippen LogP contribution in [0.2, 0.25) is 0 Å². The van der Waals surface area contributed by atoms with E-state index >= 15 is 0 Å². The summed E-state index contributed by atoms with van der Waals surface area (Å²) in [6.07, 6.45) is -2.69. The highest BCUT2D eigenvalue weighted by atomic mass is 19.3. The molecule has 0 aliphatic heterocycles. The van der Waals surface area contributed by atoms with E-state index in [0.29, 0.717) is 0 Å². The monoisotopic (exact) mass is 253 g/mol. The Bertz CT molecular complexity index is 521. The van der Waals surface area contributed by atoms with Crippen LogP contribution in [0.4, 0.5) is 8.78 Å². The quantitative estimate of drug-likeness (QED) is 0.610. The van der Waals surface area contributed by atoms with Gasteiger partial charge >= 0.3 is 5.97 Å². The van der Waals surface area contributed by atoms with Crippen LogP contribution in [0.25, 0.3) is 0 Å². The van der Waals surface area contributed by atoms with Gasteiger partial charge in [0.15, 0.2) is 6.29 Å². The van der Waals surface area contributed by atoms with Gasteiger partial charge in [-0.15, -0.1) is 0 Å². The minimum atomic E-state index is -2.95. The van der Waals surface area contributed by atoms with Gasteiger partial charge in [-0.1, -0.05) is 0 Å². The molecule has 0 atom stereocenters. The molecule has 0 aliphatic carbocycles. The molecule has 1 aromatic rings. The fourth-order valence-electron chi connectivity index (χ4n) is 1.41. The third-order valence-electron chi connectivity index (χ3n) is 2.18. The third-order valence-corrected chi connectivity index (χ3v) is 2.18. The van der Waals surface area contributed by atoms with Crippen molar-refractivity contribution in [3.63, 3.8) is 0 Å². The van der Waals surface area contributed by atoms with Crippen LogP contribution in [0.15, 0.2) is 12.1 Å². The van der Waals surface area contributed by atoms with Crippen LogP contribution in [-0.4, -0.2) is 18.9 Å². The maximum atomic E-state index is 12.7. The zero-order valence-corrected chi connectivity index (χ0v) is 9.44. The average Bonchev–Trinajstić information content (AvgIpc) is 2.37. The van der Waals surface area contributed by atoms with E-state index in [4.69, 9.17) is 5.26 Å². The second-order valence-electron chi connectivity index (χ2n) is 3.28. The van der Waals surface area contributed by atoms with Crippen molar-refractivity contribution in [2.24, 2.45) is 0 Å². The SMILES string of the molecule is CCOC(=O)c1cc(C=O)c(C#N)c(C(F)F)c1. The number of benzene rings is 1. The normalized spacial score (nSPS) is 9.94. The van der Waals surface area contributed by atoms with E-state index in [9.17, 15) is 18.4 Å². The summed E-state index contributed by atoms with van der Waals surface area (Å²) in [6, 6.07) is 3.47. The molecule has 0 bridgehead atoms. The molecule has 18 heavy (non-hydrogen) atoms. The maximum Gasteiger partial charge on any atom is 0.338 e. The Hall–Kier alpha value is -2.29. The first-order valence-corrected chi connectivity index (χ1v) is 5.03. The van der Waals surface area contributed by atoms with Crippen LogP contribution in [0.1, 0.15) is 45.2 Å². The van der Waals surface area contributed by atoms with Crippen molar-refractivity contribution in [3.8, 4) is 6.07 Å². The van der Waals surface area contributed by atoms with E-state index < -0.39 is 23.5 Å². The number of hydrogen-bond acceptors (Lipinski definition) is 4. The minimum absolute atomic E-state index is 0.0826. The van der Waals surface area contributed by atoms with Crippen molar-refractivity contribution in [3.05, 3.63) is 34.4 Å². The largest absolute Gasteiger partial charge is 0.462 e. The number of aldehydes is 1. The number of ether oxygens (including phenoxy) is 1. The lowest BCUT2D eigenvalue weighted by Crippen LogP contribution is -2.08. The molecule has 0 spiro atoms. The Labute approximate surface area is 102 Å². The molecule has 0 unspecified atom stereocenters. The topological polar surface area (TPSA) is 67.2 Å². The lowest BCUT2D eigenvalue weighted by Gasteiger charge is -2.08. The van der Waals surface area contributed by atoms with Gasteiger partial charge in [0.25, 0.3) is 6.43 Å². The fourth-order valence-corrected chi connectivity index (χ4v) is 1.41. The fraction of sp³-hybridized carbons (Fsp3) is 0.250. The van der Waals surface area contributed by atoms with Crippen molar-refractivity contribution in [1.29, 1.82) is 5.26 Å². The molecular weight excluding hydrogens is 244 g/mol. The van der Waals surface area contributed by atoms with Crippen molar-refractivity contribution in [2.45, 2.75) is 13.3 Å². The summed E-state index contributed by atoms with van der Waals surface area (Å²) in [4.78, 5) is 22.2. The smallest absolute Gasteiger partial charge is 0.338 e. The predicted octanol–water partition coefficient (Wildman–Crippen LogP) is 2.49. The number of nitrogens with zero attached hydrogens (tertiary/aromatic N) is 1. The van der Waals surface area contributed by atoms with Gasteiger partial charge in [-0.3, -0.25) is 4.79 Å². The van der Waals surface area contributed by atoms with Gasteiger partial charge in [-0.2, -0.15) is 5.26 Å². The molecule has 0 aliphatic rings. The number of alkyl halides is 2. The molecule has 0 radical (unpaired) electrons. The molecular formula is C12H9F2NO3. The summed E-state index contributed by atoms with van der Waals surface area (Å²) in [5.41, 5.74) is -1.50. The zero-order chi connectivity index (χ0) is 13.7. The number of rotatable bonds is 4. The molecule has 1 aromatic carbocycles. The van der Waals surface area contributed by atoms with Crippen LogP contribution in [0.5, 0.6) is 0 Å². The van der Waals surface area contributed by atoms with Crippen molar-refractivity contribution < 1.29 is 23.1 Å². The summed E-state index contributed by atoms with van der Waals surface area (Å²) >= 11 is 0. The Morgan fingerprint density at radius 3 is 2.67 bits per heavy atom. The first-order valence-electron chi connectivity index (χ1n) is 5.03. The second kappa shape index (κ2) is 5.87. The van der Waals surface area contributed by atoms with E-state index in [0.717, 1.165) is 12.1 Å². The Morgan fingerprint density at radius 1 is 1.56 bits per heavy atom. The lowest BCUT2D eigenvalue weighted by molar-refractivity contribution is 0.0526. The van der Waals surface area contributed by atoms with Gasteiger partial charge < -0.3 is 4.74 Å². The van der Waals surface area contributed by atoms with Crippen LogP contribution >= 0.6 is 0 Å². The number of carbonyl (C=O) groups is 2. The third kappa shape index (κ3) is 2.69. The van der Waals surface area contributed by atoms with Crippen LogP contribution in [-0.2, 0) is 4.74 Å². The molecule has 4 nitrogen and oxygen atoms in total. The predicted molar refractivity (Wildman–Crippen MR) is 57.5 cm³/mol. The number of carbonyl (C=O) groups excluding carboxylic acids is 2. The minimum Gasteiger partial charge on any atom is -0.462 e. The number of hydrogen-bond donors (Lipinski definition) is 0. The number of esters is 1. The van der Waals surface area contributed by atoms with E-state index in [2.05, 4.69) is 4.74 Å². The molecule has 0 amide bonds. The van der Waals surface area contributed by atoms with Gasteiger partial charge in [0.2, 0.25) is 0 Å². The van der Waals surface area contributed by atoms with Gasteiger partial charge in [-0.25, -0.2) is 13.6 Å². The zero-order valence-electron chi connectivity index (χ0n) is 9.44. The summed E-state index contributed by atoms with van der Waals surface area (Å²) in [7, 11) is 0. The molecule has 0 fully saturated rings. The molecule has 1 rings (SSSR count). The van der Waals surface area contributed by atoms with Crippen molar-refractivity contribution in [1.82, 2.24) is 0 Å². The Balaban J connectivity index is 3.42. The average molecular weight is 253 g/mol. The summed E-state index contributed by atoms with van der Waals surface area (Å²) < 4.78 is 30.1. The standard InChI is InChI=1S/C12H9F2NO3/c1-2-18-12(17)7-3-8(6-16)10(5-15)9(4-7)11(13)14/h3-4,6,11H,2H2,1H3. The van der Waals surface area contributed by atoms with Crippen molar-refractivity contribution >= 4 is 12.3 Å². The molecule has 6 heteroatoms. The van der Waals surface area contributed by atoms with Gasteiger partial charge in [-0.05, 0) is 19.1 Å². The molecule has 94 valence electrons. The lowest BCUT2D eigenvalue weighted by atomic mass is 9.99. The summed E-state index contributed by atoms with van der Waals surface area (Å²) in [5, 5.41) is 8.75. The van der Waals surface area contributed by atoms with E-state index in [1.54, 1.807) is 6.92 Å². The van der Waals surface area contributed by atoms with E-state index in [1.807, 2.05) is 0 Å². The first kappa shape index (κ1) is 13.8. The highest BCUT2D eigenvalue weighted by Gasteiger charge is 2.20. The van der Waals surface area contributed by atoms with E-state index in [1.165, 1.54) is 6.07 Å². The van der Waals surface area contributed by atoms with Crippen molar-refractivity contribution in [2.75, 3.05) is 6.61 Å². The van der Waals surface area contributed by atoms with E-state index in [-0.39, 0.29) is 24.0 Å². The molecule has 0 aromatic heterocycles. The number of halogens is 2.